The van der Waals surface area contributed by atoms with Crippen LogP contribution >= 0.6 is 15.9 Å². The molecule has 0 bridgehead atoms. The zero-order chi connectivity index (χ0) is 7.61. The third kappa shape index (κ3) is 1.52. The van der Waals surface area contributed by atoms with Gasteiger partial charge in [0.15, 0.2) is 0 Å². The van der Waals surface area contributed by atoms with Crippen molar-refractivity contribution in [2.45, 2.75) is 38.3 Å². The molecule has 0 saturated heterocycles. The molecule has 1 fully saturated rings. The van der Waals surface area contributed by atoms with Crippen LogP contribution in [0.4, 0.5) is 4.39 Å². The number of hydrogen-bond donors (Lipinski definition) is 0. The molecule has 0 radical (unpaired) electrons. The van der Waals surface area contributed by atoms with Crippen molar-refractivity contribution in [1.29, 1.82) is 0 Å². The zero-order valence-electron chi connectivity index (χ0n) is 6.37. The van der Waals surface area contributed by atoms with Gasteiger partial charge in [-0.15, -0.1) is 0 Å². The molecule has 1 rings (SSSR count). The summed E-state index contributed by atoms with van der Waals surface area (Å²) in [5.41, 5.74) is -0.905. The highest BCUT2D eigenvalue weighted by Gasteiger charge is 2.36. The molecule has 0 nitrogen and oxygen atoms in total. The third-order valence-electron chi connectivity index (χ3n) is 2.58. The van der Waals surface area contributed by atoms with Gasteiger partial charge >= 0.3 is 0 Å². The minimum atomic E-state index is -0.905. The number of rotatable bonds is 1. The van der Waals surface area contributed by atoms with E-state index < -0.39 is 5.67 Å². The first-order chi connectivity index (χ1) is 4.69. The van der Waals surface area contributed by atoms with E-state index in [1.807, 2.05) is 6.92 Å². The first-order valence-corrected chi connectivity index (χ1v) is 5.06. The van der Waals surface area contributed by atoms with E-state index in [1.165, 1.54) is 6.42 Å². The van der Waals surface area contributed by atoms with Gasteiger partial charge in [0.25, 0.3) is 0 Å². The average Bonchev–Trinajstić information content (AvgIpc) is 1.96. The van der Waals surface area contributed by atoms with Crippen molar-refractivity contribution >= 4 is 15.9 Å². The van der Waals surface area contributed by atoms with Gasteiger partial charge in [-0.1, -0.05) is 35.7 Å². The number of alkyl halides is 2. The smallest absolute Gasteiger partial charge is 0.123 e. The van der Waals surface area contributed by atoms with E-state index in [1.54, 1.807) is 0 Å². The van der Waals surface area contributed by atoms with Crippen molar-refractivity contribution in [1.82, 2.24) is 0 Å². The molecule has 1 aliphatic carbocycles. The molecule has 1 saturated carbocycles. The van der Waals surface area contributed by atoms with Gasteiger partial charge in [-0.05, 0) is 18.8 Å². The van der Waals surface area contributed by atoms with Gasteiger partial charge in [-0.25, -0.2) is 4.39 Å². The Hall–Kier alpha value is 0.410. The molecule has 0 spiro atoms. The van der Waals surface area contributed by atoms with Crippen LogP contribution in [0.2, 0.25) is 0 Å². The van der Waals surface area contributed by atoms with E-state index in [0.29, 0.717) is 5.33 Å². The summed E-state index contributed by atoms with van der Waals surface area (Å²) in [4.78, 5) is 0. The van der Waals surface area contributed by atoms with Crippen molar-refractivity contribution in [3.63, 3.8) is 0 Å². The molecule has 0 aromatic rings. The summed E-state index contributed by atoms with van der Waals surface area (Å²) in [6, 6.07) is 0. The average molecular weight is 209 g/mol. The normalized spacial score (nSPS) is 41.7. The van der Waals surface area contributed by atoms with E-state index in [-0.39, 0.29) is 5.92 Å². The molecule has 0 unspecified atom stereocenters. The summed E-state index contributed by atoms with van der Waals surface area (Å²) in [5, 5.41) is 0.515. The minimum Gasteiger partial charge on any atom is -0.243 e. The highest BCUT2D eigenvalue weighted by atomic mass is 79.9. The maximum absolute atomic E-state index is 13.6. The predicted molar refractivity (Wildman–Crippen MR) is 45.3 cm³/mol. The second-order valence-electron chi connectivity index (χ2n) is 3.32. The SMILES string of the molecule is C[C@H]1CCCC[C@]1(F)CBr. The highest BCUT2D eigenvalue weighted by molar-refractivity contribution is 9.09. The lowest BCUT2D eigenvalue weighted by Crippen LogP contribution is -2.36. The summed E-state index contributed by atoms with van der Waals surface area (Å²) in [7, 11) is 0. The van der Waals surface area contributed by atoms with Gasteiger partial charge in [0.2, 0.25) is 0 Å². The fourth-order valence-corrected chi connectivity index (χ4v) is 2.41. The lowest BCUT2D eigenvalue weighted by molar-refractivity contribution is 0.0740. The highest BCUT2D eigenvalue weighted by Crippen LogP contribution is 2.37. The topological polar surface area (TPSA) is 0 Å². The molecule has 0 N–H and O–H groups in total. The van der Waals surface area contributed by atoms with Crippen molar-refractivity contribution in [3.8, 4) is 0 Å². The van der Waals surface area contributed by atoms with Crippen LogP contribution in [0.15, 0.2) is 0 Å². The predicted octanol–water partition coefficient (Wildman–Crippen LogP) is 3.30. The first-order valence-electron chi connectivity index (χ1n) is 3.94. The molecule has 0 amide bonds. The van der Waals surface area contributed by atoms with Gasteiger partial charge in [0.05, 0.1) is 0 Å². The molecule has 2 heteroatoms. The Balaban J connectivity index is 2.54. The van der Waals surface area contributed by atoms with Crippen LogP contribution in [-0.2, 0) is 0 Å². The second-order valence-corrected chi connectivity index (χ2v) is 3.88. The molecule has 10 heavy (non-hydrogen) atoms. The quantitative estimate of drug-likeness (QED) is 0.581. The third-order valence-corrected chi connectivity index (χ3v) is 3.52. The van der Waals surface area contributed by atoms with E-state index in [9.17, 15) is 4.39 Å². The van der Waals surface area contributed by atoms with Crippen LogP contribution in [0.25, 0.3) is 0 Å². The van der Waals surface area contributed by atoms with Crippen molar-refractivity contribution in [2.24, 2.45) is 5.92 Å². The van der Waals surface area contributed by atoms with E-state index >= 15 is 0 Å². The Morgan fingerprint density at radius 1 is 1.60 bits per heavy atom. The fraction of sp³-hybridized carbons (Fsp3) is 1.00. The van der Waals surface area contributed by atoms with Gasteiger partial charge in [-0.3, -0.25) is 0 Å². The van der Waals surface area contributed by atoms with Crippen LogP contribution in [0.5, 0.6) is 0 Å². The summed E-state index contributed by atoms with van der Waals surface area (Å²) < 4.78 is 13.6. The van der Waals surface area contributed by atoms with Crippen LogP contribution in [0, 0.1) is 5.92 Å². The molecule has 0 heterocycles. The lowest BCUT2D eigenvalue weighted by atomic mass is 9.79. The van der Waals surface area contributed by atoms with Gasteiger partial charge < -0.3 is 0 Å². The maximum atomic E-state index is 13.6. The summed E-state index contributed by atoms with van der Waals surface area (Å²) in [5.74, 6) is 0.251. The molecule has 1 aliphatic rings. The first kappa shape index (κ1) is 8.51. The fourth-order valence-electron chi connectivity index (χ4n) is 1.57. The standard InChI is InChI=1S/C8H14BrF/c1-7-4-2-3-5-8(7,10)6-9/h7H,2-6H2,1H3/t7-,8-/m0/s1. The van der Waals surface area contributed by atoms with E-state index in [2.05, 4.69) is 15.9 Å². The van der Waals surface area contributed by atoms with Crippen LogP contribution in [-0.4, -0.2) is 11.0 Å². The van der Waals surface area contributed by atoms with E-state index in [4.69, 9.17) is 0 Å². The molecular weight excluding hydrogens is 195 g/mol. The number of hydrogen-bond acceptors (Lipinski definition) is 0. The maximum Gasteiger partial charge on any atom is 0.123 e. The van der Waals surface area contributed by atoms with Crippen LogP contribution in [0.1, 0.15) is 32.6 Å². The summed E-state index contributed by atoms with van der Waals surface area (Å²) >= 11 is 3.23. The molecule has 0 aliphatic heterocycles. The Kier molecular flexibility index (Phi) is 2.73. The van der Waals surface area contributed by atoms with Crippen LogP contribution < -0.4 is 0 Å². The van der Waals surface area contributed by atoms with Crippen LogP contribution in [0.3, 0.4) is 0 Å². The van der Waals surface area contributed by atoms with Crippen molar-refractivity contribution in [3.05, 3.63) is 0 Å². The molecule has 0 aromatic carbocycles. The monoisotopic (exact) mass is 208 g/mol. The Morgan fingerprint density at radius 3 is 2.70 bits per heavy atom. The summed E-state index contributed by atoms with van der Waals surface area (Å²) in [6.45, 7) is 2.01. The molecule has 2 atom stereocenters. The second kappa shape index (κ2) is 3.21. The summed E-state index contributed by atoms with van der Waals surface area (Å²) in [6.07, 6.45) is 4.08. The van der Waals surface area contributed by atoms with E-state index in [0.717, 1.165) is 19.3 Å². The molecule has 0 aromatic heterocycles. The van der Waals surface area contributed by atoms with Gasteiger partial charge in [-0.2, -0.15) is 0 Å². The molecule has 60 valence electrons. The largest absolute Gasteiger partial charge is 0.243 e. The Morgan fingerprint density at radius 2 is 2.30 bits per heavy atom. The van der Waals surface area contributed by atoms with Crippen molar-refractivity contribution < 1.29 is 4.39 Å². The lowest BCUT2D eigenvalue weighted by Gasteiger charge is -2.33. The minimum absolute atomic E-state index is 0.251. The van der Waals surface area contributed by atoms with Gasteiger partial charge in [0.1, 0.15) is 5.67 Å². The Bertz CT molecular complexity index is 116. The zero-order valence-corrected chi connectivity index (χ0v) is 7.95. The Labute approximate surface area is 70.3 Å². The number of halogens is 2. The van der Waals surface area contributed by atoms with Crippen molar-refractivity contribution in [2.75, 3.05) is 5.33 Å². The molecular formula is C8H14BrF. The van der Waals surface area contributed by atoms with Gasteiger partial charge in [0, 0.05) is 5.33 Å².